The lowest BCUT2D eigenvalue weighted by Crippen LogP contribution is -2.40. The number of ether oxygens (including phenoxy) is 1. The number of nitrogens with one attached hydrogen (secondary N) is 1. The molecule has 18 heavy (non-hydrogen) atoms. The smallest absolute Gasteiger partial charge is 0.0897 e. The van der Waals surface area contributed by atoms with Crippen LogP contribution in [0.2, 0.25) is 0 Å². The maximum Gasteiger partial charge on any atom is 0.0897 e. The monoisotopic (exact) mass is 255 g/mol. The van der Waals surface area contributed by atoms with Gasteiger partial charge in [-0.2, -0.15) is 0 Å². The van der Waals surface area contributed by atoms with E-state index in [1.54, 1.807) is 0 Å². The normalized spacial score (nSPS) is 25.0. The van der Waals surface area contributed by atoms with Gasteiger partial charge in [0, 0.05) is 19.2 Å². The first-order valence-corrected chi connectivity index (χ1v) is 7.75. The lowest BCUT2D eigenvalue weighted by Gasteiger charge is -2.29. The van der Waals surface area contributed by atoms with Crippen LogP contribution in [0.3, 0.4) is 0 Å². The quantitative estimate of drug-likeness (QED) is 0.699. The van der Waals surface area contributed by atoms with Gasteiger partial charge in [-0.25, -0.2) is 0 Å². The molecular formula is C15H29NO2. The van der Waals surface area contributed by atoms with Crippen LogP contribution in [0.5, 0.6) is 0 Å². The predicted molar refractivity (Wildman–Crippen MR) is 73.6 cm³/mol. The van der Waals surface area contributed by atoms with E-state index in [2.05, 4.69) is 12.2 Å². The fourth-order valence-corrected chi connectivity index (χ4v) is 2.84. The zero-order valence-corrected chi connectivity index (χ0v) is 11.7. The molecule has 0 bridgehead atoms. The van der Waals surface area contributed by atoms with E-state index in [0.717, 1.165) is 18.4 Å². The molecule has 0 amide bonds. The third-order valence-corrected chi connectivity index (χ3v) is 4.39. The number of hydrogen-bond donors (Lipinski definition) is 2. The first kappa shape index (κ1) is 14.3. The summed E-state index contributed by atoms with van der Waals surface area (Å²) in [7, 11) is 0. The molecule has 2 atom stereocenters. The molecule has 3 nitrogen and oxygen atoms in total. The Balaban J connectivity index is 1.51. The van der Waals surface area contributed by atoms with E-state index in [1.807, 2.05) is 0 Å². The molecule has 106 valence electrons. The number of rotatable bonds is 8. The summed E-state index contributed by atoms with van der Waals surface area (Å²) in [6.07, 6.45) is 9.13. The minimum atomic E-state index is -0.352. The van der Waals surface area contributed by atoms with Crippen LogP contribution in [0.15, 0.2) is 0 Å². The summed E-state index contributed by atoms with van der Waals surface area (Å²) in [5.74, 6) is 1.59. The Bertz CT molecular complexity index is 225. The second-order valence-electron chi connectivity index (χ2n) is 6.23. The third kappa shape index (κ3) is 5.25. The van der Waals surface area contributed by atoms with E-state index in [-0.39, 0.29) is 6.10 Å². The largest absolute Gasteiger partial charge is 0.389 e. The Morgan fingerprint density at radius 2 is 1.89 bits per heavy atom. The van der Waals surface area contributed by atoms with Gasteiger partial charge in [-0.1, -0.05) is 19.3 Å². The average Bonchev–Trinajstić information content (AvgIpc) is 3.21. The van der Waals surface area contributed by atoms with Crippen molar-refractivity contribution in [3.05, 3.63) is 0 Å². The van der Waals surface area contributed by atoms with E-state index >= 15 is 0 Å². The first-order chi connectivity index (χ1) is 8.75. The van der Waals surface area contributed by atoms with Gasteiger partial charge in [0.1, 0.15) is 0 Å². The minimum Gasteiger partial charge on any atom is -0.389 e. The predicted octanol–water partition coefficient (Wildman–Crippen LogP) is 2.33. The van der Waals surface area contributed by atoms with Crippen LogP contribution in [0.25, 0.3) is 0 Å². The third-order valence-electron chi connectivity index (χ3n) is 4.39. The van der Waals surface area contributed by atoms with Gasteiger partial charge in [-0.05, 0) is 44.4 Å². The van der Waals surface area contributed by atoms with Crippen molar-refractivity contribution in [2.45, 2.75) is 64.0 Å². The number of aliphatic hydroxyl groups excluding tert-OH is 1. The van der Waals surface area contributed by atoms with Crippen molar-refractivity contribution >= 4 is 0 Å². The van der Waals surface area contributed by atoms with Crippen LogP contribution in [-0.4, -0.2) is 37.0 Å². The van der Waals surface area contributed by atoms with Crippen molar-refractivity contribution in [2.75, 3.05) is 19.8 Å². The lowest BCUT2D eigenvalue weighted by molar-refractivity contribution is 0.0302. The molecule has 2 rings (SSSR count). The van der Waals surface area contributed by atoms with Crippen molar-refractivity contribution in [1.29, 1.82) is 0 Å². The fraction of sp³-hybridized carbons (Fsp3) is 1.00. The Morgan fingerprint density at radius 3 is 2.56 bits per heavy atom. The fourth-order valence-electron chi connectivity index (χ4n) is 2.84. The van der Waals surface area contributed by atoms with E-state index in [9.17, 15) is 5.11 Å². The van der Waals surface area contributed by atoms with Gasteiger partial charge in [0.15, 0.2) is 0 Å². The van der Waals surface area contributed by atoms with E-state index in [4.69, 9.17) is 4.74 Å². The van der Waals surface area contributed by atoms with Gasteiger partial charge in [0.2, 0.25) is 0 Å². The van der Waals surface area contributed by atoms with E-state index in [0.29, 0.717) is 19.2 Å². The van der Waals surface area contributed by atoms with Crippen molar-refractivity contribution in [3.8, 4) is 0 Å². The standard InChI is InChI=1S/C15H29NO2/c1-12(14-5-3-2-4-6-14)16-9-15(17)11-18-10-13-7-8-13/h12-17H,2-11H2,1H3/t12-,15?/m1/s1. The highest BCUT2D eigenvalue weighted by molar-refractivity contribution is 4.77. The highest BCUT2D eigenvalue weighted by Crippen LogP contribution is 2.28. The highest BCUT2D eigenvalue weighted by Gasteiger charge is 2.22. The second kappa shape index (κ2) is 7.46. The highest BCUT2D eigenvalue weighted by atomic mass is 16.5. The van der Waals surface area contributed by atoms with Crippen LogP contribution >= 0.6 is 0 Å². The summed E-state index contributed by atoms with van der Waals surface area (Å²) >= 11 is 0. The van der Waals surface area contributed by atoms with Crippen molar-refractivity contribution in [2.24, 2.45) is 11.8 Å². The van der Waals surface area contributed by atoms with Gasteiger partial charge in [-0.3, -0.25) is 0 Å². The van der Waals surface area contributed by atoms with Crippen LogP contribution in [0.1, 0.15) is 51.9 Å². The van der Waals surface area contributed by atoms with Crippen molar-refractivity contribution in [3.63, 3.8) is 0 Å². The van der Waals surface area contributed by atoms with Crippen LogP contribution in [-0.2, 0) is 4.74 Å². The molecule has 0 aliphatic heterocycles. The Kier molecular flexibility index (Phi) is 5.93. The Morgan fingerprint density at radius 1 is 1.17 bits per heavy atom. The topological polar surface area (TPSA) is 41.5 Å². The Hall–Kier alpha value is -0.120. The molecule has 0 radical (unpaired) electrons. The van der Waals surface area contributed by atoms with Gasteiger partial charge in [-0.15, -0.1) is 0 Å². The molecule has 2 aliphatic carbocycles. The maximum absolute atomic E-state index is 9.84. The first-order valence-electron chi connectivity index (χ1n) is 7.75. The summed E-state index contributed by atoms with van der Waals surface area (Å²) in [4.78, 5) is 0. The molecule has 2 N–H and O–H groups in total. The van der Waals surface area contributed by atoms with Gasteiger partial charge >= 0.3 is 0 Å². The second-order valence-corrected chi connectivity index (χ2v) is 6.23. The zero-order valence-electron chi connectivity index (χ0n) is 11.7. The lowest BCUT2D eigenvalue weighted by atomic mass is 9.84. The summed E-state index contributed by atoms with van der Waals surface area (Å²) < 4.78 is 5.51. The molecule has 2 fully saturated rings. The molecule has 2 saturated carbocycles. The SMILES string of the molecule is C[C@@H](NCC(O)COCC1CC1)C1CCCCC1. The summed E-state index contributed by atoms with van der Waals surface area (Å²) in [5, 5.41) is 13.3. The van der Waals surface area contributed by atoms with Crippen LogP contribution in [0.4, 0.5) is 0 Å². The summed E-state index contributed by atoms with van der Waals surface area (Å²) in [5.41, 5.74) is 0. The van der Waals surface area contributed by atoms with Crippen molar-refractivity contribution < 1.29 is 9.84 Å². The molecule has 2 aliphatic rings. The molecule has 0 aromatic rings. The molecular weight excluding hydrogens is 226 g/mol. The Labute approximate surface area is 111 Å². The minimum absolute atomic E-state index is 0.352. The number of aliphatic hydroxyl groups is 1. The summed E-state index contributed by atoms with van der Waals surface area (Å²) in [6.45, 7) is 4.26. The summed E-state index contributed by atoms with van der Waals surface area (Å²) in [6, 6.07) is 0.531. The van der Waals surface area contributed by atoms with Gasteiger partial charge in [0.05, 0.1) is 12.7 Å². The number of hydrogen-bond acceptors (Lipinski definition) is 3. The zero-order chi connectivity index (χ0) is 12.8. The molecule has 0 aromatic heterocycles. The van der Waals surface area contributed by atoms with E-state index < -0.39 is 0 Å². The molecule has 0 spiro atoms. The van der Waals surface area contributed by atoms with E-state index in [1.165, 1.54) is 44.9 Å². The molecule has 1 unspecified atom stereocenters. The molecule has 3 heteroatoms. The van der Waals surface area contributed by atoms with Gasteiger partial charge in [0.25, 0.3) is 0 Å². The molecule has 0 saturated heterocycles. The van der Waals surface area contributed by atoms with Crippen LogP contribution < -0.4 is 5.32 Å². The average molecular weight is 255 g/mol. The molecule has 0 aromatic carbocycles. The van der Waals surface area contributed by atoms with Gasteiger partial charge < -0.3 is 15.2 Å². The maximum atomic E-state index is 9.84. The van der Waals surface area contributed by atoms with Crippen molar-refractivity contribution in [1.82, 2.24) is 5.32 Å². The van der Waals surface area contributed by atoms with Crippen LogP contribution in [0, 0.1) is 11.8 Å². The molecule has 0 heterocycles.